The highest BCUT2D eigenvalue weighted by atomic mass is 19.4. The van der Waals surface area contributed by atoms with Crippen LogP contribution in [0.15, 0.2) is 42.6 Å². The number of anilines is 2. The van der Waals surface area contributed by atoms with Gasteiger partial charge in [0.05, 0.1) is 0 Å². The number of aryl methyl sites for hydroxylation is 1. The quantitative estimate of drug-likeness (QED) is 0.599. The zero-order valence-electron chi connectivity index (χ0n) is 17.3. The lowest BCUT2D eigenvalue weighted by atomic mass is 10.2. The Bertz CT molecular complexity index is 1160. The van der Waals surface area contributed by atoms with Gasteiger partial charge in [-0.05, 0) is 50.1 Å². The Morgan fingerprint density at radius 1 is 1.09 bits per heavy atom. The fourth-order valence-electron chi connectivity index (χ4n) is 3.31. The number of amides is 2. The lowest BCUT2D eigenvalue weighted by Gasteiger charge is -2.16. The molecule has 8 nitrogen and oxygen atoms in total. The Labute approximate surface area is 181 Å². The van der Waals surface area contributed by atoms with E-state index < -0.39 is 29.7 Å². The number of benzene rings is 1. The minimum Gasteiger partial charge on any atom is -0.324 e. The molecule has 1 aliphatic carbocycles. The molecule has 32 heavy (non-hydrogen) atoms. The van der Waals surface area contributed by atoms with Gasteiger partial charge in [-0.15, -0.1) is 0 Å². The van der Waals surface area contributed by atoms with Gasteiger partial charge in [-0.25, -0.2) is 0 Å². The van der Waals surface area contributed by atoms with Crippen LogP contribution in [0.2, 0.25) is 0 Å². The van der Waals surface area contributed by atoms with Gasteiger partial charge in [-0.3, -0.25) is 19.0 Å². The molecule has 0 aliphatic heterocycles. The molecule has 168 valence electrons. The summed E-state index contributed by atoms with van der Waals surface area (Å²) in [5.41, 5.74) is 0.469. The zero-order valence-corrected chi connectivity index (χ0v) is 17.3. The Kier molecular flexibility index (Phi) is 5.49. The molecule has 0 spiro atoms. The number of alkyl halides is 3. The van der Waals surface area contributed by atoms with E-state index in [2.05, 4.69) is 20.8 Å². The second-order valence-electron chi connectivity index (χ2n) is 7.75. The number of nitrogens with one attached hydrogen (secondary N) is 2. The van der Waals surface area contributed by atoms with Gasteiger partial charge in [-0.1, -0.05) is 6.07 Å². The fraction of sp³-hybridized carbons (Fsp3) is 0.333. The Balaban J connectivity index is 1.48. The van der Waals surface area contributed by atoms with E-state index >= 15 is 0 Å². The van der Waals surface area contributed by atoms with Crippen LogP contribution < -0.4 is 10.6 Å². The fourth-order valence-corrected chi connectivity index (χ4v) is 3.31. The first kappa shape index (κ1) is 21.6. The molecule has 2 aromatic heterocycles. The molecule has 2 N–H and O–H groups in total. The summed E-state index contributed by atoms with van der Waals surface area (Å²) in [6.07, 6.45) is -1.39. The van der Waals surface area contributed by atoms with Crippen molar-refractivity contribution in [2.24, 2.45) is 7.05 Å². The SMILES string of the molecule is CC(C(=O)Nc1cccc(NC(=O)c2ccn(C)n2)c1)n1nc(C(F)(F)F)cc1C1CC1. The van der Waals surface area contributed by atoms with Gasteiger partial charge >= 0.3 is 6.18 Å². The number of halogens is 3. The van der Waals surface area contributed by atoms with E-state index in [9.17, 15) is 22.8 Å². The molecule has 1 aliphatic rings. The third kappa shape index (κ3) is 4.66. The standard InChI is InChI=1S/C21H21F3N6O2/c1-12(30-17(13-6-7-13)11-18(28-30)21(22,23)24)19(31)25-14-4-3-5-15(10-14)26-20(32)16-8-9-29(2)27-16/h3-5,8-13H,6-7H2,1-2H3,(H,25,31)(H,26,32). The molecule has 0 saturated heterocycles. The lowest BCUT2D eigenvalue weighted by molar-refractivity contribution is -0.141. The van der Waals surface area contributed by atoms with Crippen molar-refractivity contribution in [3.8, 4) is 0 Å². The predicted molar refractivity (Wildman–Crippen MR) is 110 cm³/mol. The highest BCUT2D eigenvalue weighted by molar-refractivity contribution is 6.03. The van der Waals surface area contributed by atoms with Crippen molar-refractivity contribution in [1.29, 1.82) is 0 Å². The zero-order chi connectivity index (χ0) is 23.0. The van der Waals surface area contributed by atoms with Crippen molar-refractivity contribution in [3.05, 3.63) is 59.7 Å². The maximum absolute atomic E-state index is 13.1. The molecule has 4 rings (SSSR count). The molecule has 11 heteroatoms. The Morgan fingerprint density at radius 3 is 2.38 bits per heavy atom. The Hall–Kier alpha value is -3.63. The monoisotopic (exact) mass is 446 g/mol. The van der Waals surface area contributed by atoms with Gasteiger partial charge in [0.15, 0.2) is 11.4 Å². The van der Waals surface area contributed by atoms with E-state index in [1.807, 2.05) is 0 Å². The number of nitrogens with zero attached hydrogens (tertiary/aromatic N) is 4. The predicted octanol–water partition coefficient (Wildman–Crippen LogP) is 3.96. The van der Waals surface area contributed by atoms with Crippen LogP contribution in [0.3, 0.4) is 0 Å². The normalized spacial score (nSPS) is 14.8. The van der Waals surface area contributed by atoms with E-state index in [1.54, 1.807) is 43.6 Å². The topological polar surface area (TPSA) is 93.8 Å². The maximum atomic E-state index is 13.1. The summed E-state index contributed by atoms with van der Waals surface area (Å²) in [6.45, 7) is 1.50. The summed E-state index contributed by atoms with van der Waals surface area (Å²) in [4.78, 5) is 25.0. The van der Waals surface area contributed by atoms with Crippen molar-refractivity contribution in [2.75, 3.05) is 10.6 Å². The number of aromatic nitrogens is 4. The molecule has 1 saturated carbocycles. The first-order chi connectivity index (χ1) is 15.1. The smallest absolute Gasteiger partial charge is 0.324 e. The summed E-state index contributed by atoms with van der Waals surface area (Å²) in [7, 11) is 1.69. The van der Waals surface area contributed by atoms with Crippen LogP contribution in [-0.4, -0.2) is 31.4 Å². The second kappa shape index (κ2) is 8.13. The van der Waals surface area contributed by atoms with Crippen LogP contribution in [0.1, 0.15) is 53.6 Å². The number of hydrogen-bond donors (Lipinski definition) is 2. The van der Waals surface area contributed by atoms with Gasteiger partial charge in [0.25, 0.3) is 5.91 Å². The highest BCUT2D eigenvalue weighted by Crippen LogP contribution is 2.43. The van der Waals surface area contributed by atoms with Crippen LogP contribution in [0, 0.1) is 0 Å². The minimum absolute atomic E-state index is 0.0148. The van der Waals surface area contributed by atoms with E-state index in [0.29, 0.717) is 17.1 Å². The first-order valence-electron chi connectivity index (χ1n) is 10.0. The van der Waals surface area contributed by atoms with Crippen LogP contribution in [0.5, 0.6) is 0 Å². The van der Waals surface area contributed by atoms with Crippen molar-refractivity contribution >= 4 is 23.2 Å². The average molecular weight is 446 g/mol. The summed E-state index contributed by atoms with van der Waals surface area (Å²) in [6, 6.07) is 8.10. The van der Waals surface area contributed by atoms with Crippen molar-refractivity contribution in [2.45, 2.75) is 37.9 Å². The minimum atomic E-state index is -4.58. The number of rotatable bonds is 6. The number of hydrogen-bond acceptors (Lipinski definition) is 4. The third-order valence-electron chi connectivity index (χ3n) is 5.13. The molecule has 0 bridgehead atoms. The summed E-state index contributed by atoms with van der Waals surface area (Å²) in [5, 5.41) is 13.1. The molecule has 1 atom stereocenters. The second-order valence-corrected chi connectivity index (χ2v) is 7.75. The van der Waals surface area contributed by atoms with Gasteiger partial charge in [0.1, 0.15) is 6.04 Å². The number of carbonyl (C=O) groups excluding carboxylic acids is 2. The first-order valence-corrected chi connectivity index (χ1v) is 10.0. The molecule has 2 heterocycles. The maximum Gasteiger partial charge on any atom is 0.435 e. The molecular weight excluding hydrogens is 425 g/mol. The third-order valence-corrected chi connectivity index (χ3v) is 5.13. The van der Waals surface area contributed by atoms with Gasteiger partial charge in [0, 0.05) is 36.2 Å². The van der Waals surface area contributed by atoms with Gasteiger partial charge < -0.3 is 10.6 Å². The average Bonchev–Trinajstić information content (AvgIpc) is 3.30. The van der Waals surface area contributed by atoms with Crippen LogP contribution >= 0.6 is 0 Å². The van der Waals surface area contributed by atoms with E-state index in [0.717, 1.165) is 23.6 Å². The summed E-state index contributed by atoms with van der Waals surface area (Å²) >= 11 is 0. The van der Waals surface area contributed by atoms with E-state index in [1.165, 1.54) is 11.6 Å². The molecule has 1 unspecified atom stereocenters. The highest BCUT2D eigenvalue weighted by Gasteiger charge is 2.39. The van der Waals surface area contributed by atoms with Crippen LogP contribution in [0.25, 0.3) is 0 Å². The molecular formula is C21H21F3N6O2. The molecule has 0 radical (unpaired) electrons. The Morgan fingerprint density at radius 2 is 1.78 bits per heavy atom. The summed E-state index contributed by atoms with van der Waals surface area (Å²) < 4.78 is 42.1. The molecule has 1 fully saturated rings. The summed E-state index contributed by atoms with van der Waals surface area (Å²) in [5.74, 6) is -0.941. The number of carbonyl (C=O) groups is 2. The lowest BCUT2D eigenvalue weighted by Crippen LogP contribution is -2.26. The molecule has 2 amide bonds. The van der Waals surface area contributed by atoms with Crippen molar-refractivity contribution < 1.29 is 22.8 Å². The van der Waals surface area contributed by atoms with Crippen molar-refractivity contribution in [1.82, 2.24) is 19.6 Å². The van der Waals surface area contributed by atoms with Crippen LogP contribution in [0.4, 0.5) is 24.5 Å². The van der Waals surface area contributed by atoms with Gasteiger partial charge in [-0.2, -0.15) is 23.4 Å². The molecule has 1 aromatic carbocycles. The van der Waals surface area contributed by atoms with Gasteiger partial charge in [0.2, 0.25) is 5.91 Å². The largest absolute Gasteiger partial charge is 0.435 e. The van der Waals surface area contributed by atoms with Crippen molar-refractivity contribution in [3.63, 3.8) is 0 Å². The van der Waals surface area contributed by atoms with E-state index in [-0.39, 0.29) is 11.6 Å². The van der Waals surface area contributed by atoms with E-state index in [4.69, 9.17) is 0 Å². The van der Waals surface area contributed by atoms with Crippen LogP contribution in [-0.2, 0) is 18.0 Å². The molecule has 3 aromatic rings.